The van der Waals surface area contributed by atoms with Crippen LogP contribution < -0.4 is 10.1 Å². The Morgan fingerprint density at radius 2 is 2.14 bits per heavy atom. The van der Waals surface area contributed by atoms with Gasteiger partial charge in [-0.25, -0.2) is 9.37 Å². The lowest BCUT2D eigenvalue weighted by Crippen LogP contribution is -2.06. The first kappa shape index (κ1) is 15.9. The van der Waals surface area contributed by atoms with Crippen molar-refractivity contribution in [3.05, 3.63) is 45.7 Å². The molecule has 0 atom stereocenters. The number of hydrogen-bond acceptors (Lipinski definition) is 5. The Labute approximate surface area is 127 Å². The van der Waals surface area contributed by atoms with Crippen molar-refractivity contribution < 1.29 is 13.9 Å². The molecule has 0 aliphatic carbocycles. The van der Waals surface area contributed by atoms with Crippen LogP contribution in [0.1, 0.15) is 15.6 Å². The molecule has 2 aromatic rings. The van der Waals surface area contributed by atoms with E-state index in [-0.39, 0.29) is 11.6 Å². The lowest BCUT2D eigenvalue weighted by molar-refractivity contribution is 0.181. The third-order valence-electron chi connectivity index (χ3n) is 2.85. The number of aromatic nitrogens is 1. The monoisotopic (exact) mass is 310 g/mol. The molecule has 0 amide bonds. The minimum atomic E-state index is -0.340. The van der Waals surface area contributed by atoms with Crippen LogP contribution in [-0.4, -0.2) is 25.7 Å². The quantitative estimate of drug-likeness (QED) is 0.814. The molecule has 2 rings (SSSR count). The molecule has 0 aliphatic heterocycles. The zero-order valence-electron chi connectivity index (χ0n) is 12.2. The highest BCUT2D eigenvalue weighted by molar-refractivity contribution is 7.11. The predicted octanol–water partition coefficient (Wildman–Crippen LogP) is 2.77. The Morgan fingerprint density at radius 3 is 2.86 bits per heavy atom. The van der Waals surface area contributed by atoms with Crippen molar-refractivity contribution in [1.29, 1.82) is 0 Å². The molecular weight excluding hydrogens is 291 g/mol. The van der Waals surface area contributed by atoms with Gasteiger partial charge < -0.3 is 14.8 Å². The minimum absolute atomic E-state index is 0.279. The van der Waals surface area contributed by atoms with Crippen molar-refractivity contribution in [2.24, 2.45) is 0 Å². The van der Waals surface area contributed by atoms with Crippen LogP contribution >= 0.6 is 11.3 Å². The van der Waals surface area contributed by atoms with E-state index < -0.39 is 0 Å². The van der Waals surface area contributed by atoms with Gasteiger partial charge in [0.05, 0.1) is 23.9 Å². The second-order valence-electron chi connectivity index (χ2n) is 4.47. The molecule has 0 aliphatic rings. The van der Waals surface area contributed by atoms with Crippen molar-refractivity contribution in [2.45, 2.75) is 19.6 Å². The zero-order chi connectivity index (χ0) is 15.1. The molecule has 0 unspecified atom stereocenters. The maximum atomic E-state index is 13.4. The van der Waals surface area contributed by atoms with Crippen molar-refractivity contribution in [3.8, 4) is 5.75 Å². The molecular formula is C15H19FN2O2S. The molecule has 0 saturated heterocycles. The van der Waals surface area contributed by atoms with Gasteiger partial charge in [-0.2, -0.15) is 0 Å². The van der Waals surface area contributed by atoms with Crippen LogP contribution in [0.15, 0.2) is 24.3 Å². The van der Waals surface area contributed by atoms with Crippen LogP contribution in [0.25, 0.3) is 0 Å². The molecule has 6 heteroatoms. The summed E-state index contributed by atoms with van der Waals surface area (Å²) in [5, 5.41) is 4.10. The normalized spacial score (nSPS) is 10.8. The average molecular weight is 310 g/mol. The van der Waals surface area contributed by atoms with Gasteiger partial charge in [0.15, 0.2) is 11.6 Å². The predicted molar refractivity (Wildman–Crippen MR) is 81.2 cm³/mol. The van der Waals surface area contributed by atoms with E-state index in [0.717, 1.165) is 17.2 Å². The smallest absolute Gasteiger partial charge is 0.165 e. The van der Waals surface area contributed by atoms with Crippen molar-refractivity contribution in [3.63, 3.8) is 0 Å². The summed E-state index contributed by atoms with van der Waals surface area (Å²) in [6, 6.07) is 6.41. The SMILES string of the molecule is CNCc1sc(CCOc2ccccc2F)nc1COC. The van der Waals surface area contributed by atoms with E-state index >= 15 is 0 Å². The first-order valence-electron chi connectivity index (χ1n) is 6.73. The summed E-state index contributed by atoms with van der Waals surface area (Å²) in [7, 11) is 3.56. The van der Waals surface area contributed by atoms with Gasteiger partial charge in [0.1, 0.15) is 0 Å². The summed E-state index contributed by atoms with van der Waals surface area (Å²) in [5.74, 6) is -0.0609. The Morgan fingerprint density at radius 1 is 1.33 bits per heavy atom. The maximum absolute atomic E-state index is 13.4. The van der Waals surface area contributed by atoms with Gasteiger partial charge in [0.25, 0.3) is 0 Å². The van der Waals surface area contributed by atoms with E-state index in [4.69, 9.17) is 9.47 Å². The summed E-state index contributed by atoms with van der Waals surface area (Å²) < 4.78 is 24.0. The number of halogens is 1. The van der Waals surface area contributed by atoms with Crippen LogP contribution in [0, 0.1) is 5.82 Å². The van der Waals surface area contributed by atoms with Crippen LogP contribution in [-0.2, 0) is 24.3 Å². The Hall–Kier alpha value is -1.50. The number of nitrogens with zero attached hydrogens (tertiary/aromatic N) is 1. The molecule has 1 aromatic heterocycles. The van der Waals surface area contributed by atoms with Gasteiger partial charge >= 0.3 is 0 Å². The molecule has 114 valence electrons. The van der Waals surface area contributed by atoms with Crippen LogP contribution in [0.4, 0.5) is 4.39 Å². The number of nitrogens with one attached hydrogen (secondary N) is 1. The Kier molecular flexibility index (Phi) is 6.10. The number of thiazole rings is 1. The van der Waals surface area contributed by atoms with Gasteiger partial charge in [-0.15, -0.1) is 11.3 Å². The maximum Gasteiger partial charge on any atom is 0.165 e. The lowest BCUT2D eigenvalue weighted by atomic mass is 10.3. The van der Waals surface area contributed by atoms with Gasteiger partial charge in [0, 0.05) is 25.0 Å². The molecule has 1 heterocycles. The molecule has 1 N–H and O–H groups in total. The van der Waals surface area contributed by atoms with Gasteiger partial charge in [-0.1, -0.05) is 12.1 Å². The fourth-order valence-electron chi connectivity index (χ4n) is 1.90. The molecule has 0 fully saturated rings. The highest BCUT2D eigenvalue weighted by atomic mass is 32.1. The molecule has 21 heavy (non-hydrogen) atoms. The third-order valence-corrected chi connectivity index (χ3v) is 4.01. The second kappa shape index (κ2) is 8.07. The Balaban J connectivity index is 1.93. The first-order chi connectivity index (χ1) is 10.2. The van der Waals surface area contributed by atoms with Crippen LogP contribution in [0.3, 0.4) is 0 Å². The first-order valence-corrected chi connectivity index (χ1v) is 7.54. The van der Waals surface area contributed by atoms with Gasteiger partial charge in [-0.05, 0) is 19.2 Å². The van der Waals surface area contributed by atoms with Crippen molar-refractivity contribution in [2.75, 3.05) is 20.8 Å². The summed E-state index contributed by atoms with van der Waals surface area (Å²) >= 11 is 1.64. The number of para-hydroxylation sites is 1. The molecule has 0 bridgehead atoms. The highest BCUT2D eigenvalue weighted by Gasteiger charge is 2.11. The number of benzene rings is 1. The largest absolute Gasteiger partial charge is 0.490 e. The highest BCUT2D eigenvalue weighted by Crippen LogP contribution is 2.21. The van der Waals surface area contributed by atoms with E-state index in [1.165, 1.54) is 10.9 Å². The van der Waals surface area contributed by atoms with E-state index in [2.05, 4.69) is 10.3 Å². The fraction of sp³-hybridized carbons (Fsp3) is 0.400. The van der Waals surface area contributed by atoms with E-state index in [1.807, 2.05) is 7.05 Å². The van der Waals surface area contributed by atoms with Gasteiger partial charge in [-0.3, -0.25) is 0 Å². The zero-order valence-corrected chi connectivity index (χ0v) is 13.0. The fourth-order valence-corrected chi connectivity index (χ4v) is 2.97. The number of rotatable bonds is 8. The molecule has 0 radical (unpaired) electrons. The summed E-state index contributed by atoms with van der Waals surface area (Å²) in [4.78, 5) is 5.72. The second-order valence-corrected chi connectivity index (χ2v) is 5.64. The van der Waals surface area contributed by atoms with Gasteiger partial charge in [0.2, 0.25) is 0 Å². The third kappa shape index (κ3) is 4.49. The lowest BCUT2D eigenvalue weighted by Gasteiger charge is -2.05. The standard InChI is InChI=1S/C15H19FN2O2S/c1-17-9-14-12(10-19-2)18-15(21-14)7-8-20-13-6-4-3-5-11(13)16/h3-6,17H,7-10H2,1-2H3. The summed E-state index contributed by atoms with van der Waals surface area (Å²) in [5.41, 5.74) is 0.956. The number of ether oxygens (including phenoxy) is 2. The molecule has 4 nitrogen and oxygen atoms in total. The minimum Gasteiger partial charge on any atom is -0.490 e. The molecule has 0 saturated carbocycles. The summed E-state index contributed by atoms with van der Waals surface area (Å²) in [6.45, 7) is 1.67. The van der Waals surface area contributed by atoms with Crippen molar-refractivity contribution in [1.82, 2.24) is 10.3 Å². The van der Waals surface area contributed by atoms with Crippen molar-refractivity contribution >= 4 is 11.3 Å². The average Bonchev–Trinajstić information content (AvgIpc) is 2.84. The molecule has 1 aromatic carbocycles. The van der Waals surface area contributed by atoms with Crippen LogP contribution in [0.5, 0.6) is 5.75 Å². The topological polar surface area (TPSA) is 43.4 Å². The summed E-state index contributed by atoms with van der Waals surface area (Å²) in [6.07, 6.45) is 0.652. The molecule has 0 spiro atoms. The van der Waals surface area contributed by atoms with E-state index in [9.17, 15) is 4.39 Å². The number of methoxy groups -OCH3 is 1. The Bertz CT molecular complexity index is 551. The van der Waals surface area contributed by atoms with E-state index in [1.54, 1.807) is 36.6 Å². The van der Waals surface area contributed by atoms with Crippen LogP contribution in [0.2, 0.25) is 0 Å². The van der Waals surface area contributed by atoms with E-state index in [0.29, 0.717) is 19.6 Å². The number of hydrogen-bond donors (Lipinski definition) is 1.